The number of hydrogen-bond donors (Lipinski definition) is 1. The maximum Gasteiger partial charge on any atom is 0.236 e. The molecule has 0 bridgehead atoms. The van der Waals surface area contributed by atoms with Gasteiger partial charge >= 0.3 is 0 Å². The number of benzene rings is 2. The second-order valence-electron chi connectivity index (χ2n) is 6.92. The van der Waals surface area contributed by atoms with E-state index in [0.29, 0.717) is 5.69 Å². The third-order valence-corrected chi connectivity index (χ3v) is 5.92. The molecule has 0 aliphatic heterocycles. The summed E-state index contributed by atoms with van der Waals surface area (Å²) in [5.74, 6) is -0.0644. The van der Waals surface area contributed by atoms with Crippen molar-refractivity contribution in [1.82, 2.24) is 9.38 Å². The fraction of sp³-hybridized carbons (Fsp3) is 0.136. The average Bonchev–Trinajstić information content (AvgIpc) is 3.09. The summed E-state index contributed by atoms with van der Waals surface area (Å²) in [5.41, 5.74) is 5.83. The summed E-state index contributed by atoms with van der Waals surface area (Å²) in [5, 5.41) is 0. The Morgan fingerprint density at radius 3 is 2.50 bits per heavy atom. The van der Waals surface area contributed by atoms with Gasteiger partial charge in [-0.3, -0.25) is 4.72 Å². The van der Waals surface area contributed by atoms with E-state index in [1.165, 1.54) is 0 Å². The minimum absolute atomic E-state index is 0.0644. The zero-order valence-electron chi connectivity index (χ0n) is 15.8. The van der Waals surface area contributed by atoms with Crippen molar-refractivity contribution >= 4 is 21.4 Å². The predicted octanol–water partition coefficient (Wildman–Crippen LogP) is 4.56. The van der Waals surface area contributed by atoms with Crippen molar-refractivity contribution in [2.45, 2.75) is 19.6 Å². The van der Waals surface area contributed by atoms with E-state index in [1.807, 2.05) is 91.3 Å². The molecule has 0 aliphatic carbocycles. The highest BCUT2D eigenvalue weighted by Crippen LogP contribution is 2.27. The van der Waals surface area contributed by atoms with Crippen LogP contribution in [0.5, 0.6) is 0 Å². The van der Waals surface area contributed by atoms with E-state index in [2.05, 4.69) is 4.72 Å². The highest BCUT2D eigenvalue weighted by atomic mass is 32.2. The molecule has 28 heavy (non-hydrogen) atoms. The first kappa shape index (κ1) is 18.3. The first-order chi connectivity index (χ1) is 13.4. The van der Waals surface area contributed by atoms with Gasteiger partial charge < -0.3 is 4.40 Å². The molecule has 5 nitrogen and oxygen atoms in total. The molecule has 6 heteroatoms. The van der Waals surface area contributed by atoms with Crippen molar-refractivity contribution in [2.75, 3.05) is 4.72 Å². The number of nitrogens with one attached hydrogen (secondary N) is 1. The molecule has 0 saturated carbocycles. The molecule has 0 amide bonds. The lowest BCUT2D eigenvalue weighted by Crippen LogP contribution is -2.15. The van der Waals surface area contributed by atoms with Crippen LogP contribution in [0.4, 0.5) is 5.69 Å². The Kier molecular flexibility index (Phi) is 4.65. The number of fused-ring (bicyclic) bond motifs is 1. The lowest BCUT2D eigenvalue weighted by Gasteiger charge is -2.12. The van der Waals surface area contributed by atoms with E-state index in [1.54, 1.807) is 0 Å². The fourth-order valence-electron chi connectivity index (χ4n) is 3.18. The second kappa shape index (κ2) is 7.13. The SMILES string of the molecule is Cc1ccc(-c2cn3cccc(C)c3n2)cc1NS(=O)(=O)Cc1ccccc1. The molecule has 1 N–H and O–H groups in total. The summed E-state index contributed by atoms with van der Waals surface area (Å²) in [7, 11) is -3.52. The lowest BCUT2D eigenvalue weighted by atomic mass is 10.1. The Morgan fingerprint density at radius 2 is 1.75 bits per heavy atom. The molecule has 4 rings (SSSR count). The van der Waals surface area contributed by atoms with Gasteiger partial charge in [-0.05, 0) is 42.7 Å². The van der Waals surface area contributed by atoms with Gasteiger partial charge in [-0.25, -0.2) is 13.4 Å². The van der Waals surface area contributed by atoms with Crippen LogP contribution in [-0.4, -0.2) is 17.8 Å². The first-order valence-electron chi connectivity index (χ1n) is 9.01. The van der Waals surface area contributed by atoms with Gasteiger partial charge in [0, 0.05) is 18.0 Å². The molecule has 0 saturated heterocycles. The average molecular weight is 391 g/mol. The van der Waals surface area contributed by atoms with E-state index < -0.39 is 10.0 Å². The molecule has 0 unspecified atom stereocenters. The maximum atomic E-state index is 12.6. The molecule has 0 spiro atoms. The zero-order chi connectivity index (χ0) is 19.7. The standard InChI is InChI=1S/C22H21N3O2S/c1-16-10-11-19(21-14-25-12-6-7-17(2)22(25)23-21)13-20(16)24-28(26,27)15-18-8-4-3-5-9-18/h3-14,24H,15H2,1-2H3. The summed E-state index contributed by atoms with van der Waals surface area (Å²) in [6.07, 6.45) is 3.91. The Balaban J connectivity index is 1.66. The number of pyridine rings is 1. The minimum Gasteiger partial charge on any atom is -0.306 e. The van der Waals surface area contributed by atoms with Crippen LogP contribution in [0.2, 0.25) is 0 Å². The molecular formula is C22H21N3O2S. The van der Waals surface area contributed by atoms with Crippen LogP contribution in [0.3, 0.4) is 0 Å². The monoisotopic (exact) mass is 391 g/mol. The number of aromatic nitrogens is 2. The molecule has 142 valence electrons. The molecule has 2 heterocycles. The summed E-state index contributed by atoms with van der Waals surface area (Å²) in [6, 6.07) is 18.9. The second-order valence-corrected chi connectivity index (χ2v) is 8.65. The summed E-state index contributed by atoms with van der Waals surface area (Å²) in [6.45, 7) is 3.91. The van der Waals surface area contributed by atoms with Gasteiger partial charge in [0.2, 0.25) is 10.0 Å². The molecule has 2 aromatic heterocycles. The van der Waals surface area contributed by atoms with Crippen molar-refractivity contribution in [1.29, 1.82) is 0 Å². The molecule has 0 fully saturated rings. The van der Waals surface area contributed by atoms with Gasteiger partial charge in [0.05, 0.1) is 17.1 Å². The topological polar surface area (TPSA) is 63.5 Å². The largest absolute Gasteiger partial charge is 0.306 e. The number of sulfonamides is 1. The van der Waals surface area contributed by atoms with Gasteiger partial charge in [0.15, 0.2) is 0 Å². The molecule has 0 aliphatic rings. The van der Waals surface area contributed by atoms with Crippen LogP contribution in [-0.2, 0) is 15.8 Å². The van der Waals surface area contributed by atoms with E-state index in [9.17, 15) is 8.42 Å². The van der Waals surface area contributed by atoms with Gasteiger partial charge in [0.25, 0.3) is 0 Å². The summed E-state index contributed by atoms with van der Waals surface area (Å²) < 4.78 is 30.0. The highest BCUT2D eigenvalue weighted by molar-refractivity contribution is 7.91. The van der Waals surface area contributed by atoms with Crippen LogP contribution >= 0.6 is 0 Å². The van der Waals surface area contributed by atoms with E-state index in [0.717, 1.165) is 33.6 Å². The van der Waals surface area contributed by atoms with Crippen molar-refractivity contribution in [3.8, 4) is 11.3 Å². The minimum atomic E-state index is -3.52. The third-order valence-electron chi connectivity index (χ3n) is 4.68. The zero-order valence-corrected chi connectivity index (χ0v) is 16.6. The van der Waals surface area contributed by atoms with Crippen molar-refractivity contribution in [2.24, 2.45) is 0 Å². The van der Waals surface area contributed by atoms with Crippen LogP contribution in [0.15, 0.2) is 73.1 Å². The molecule has 2 aromatic carbocycles. The van der Waals surface area contributed by atoms with Gasteiger partial charge in [0.1, 0.15) is 5.65 Å². The first-order valence-corrected chi connectivity index (χ1v) is 10.7. The normalized spacial score (nSPS) is 11.6. The van der Waals surface area contributed by atoms with Crippen LogP contribution in [0, 0.1) is 13.8 Å². The number of imidazole rings is 1. The maximum absolute atomic E-state index is 12.6. The number of nitrogens with zero attached hydrogens (tertiary/aromatic N) is 2. The number of aryl methyl sites for hydroxylation is 2. The number of rotatable bonds is 5. The van der Waals surface area contributed by atoms with Crippen molar-refractivity contribution in [3.63, 3.8) is 0 Å². The predicted molar refractivity (Wildman–Crippen MR) is 113 cm³/mol. The molecule has 0 atom stereocenters. The molecular weight excluding hydrogens is 370 g/mol. The van der Waals surface area contributed by atoms with Crippen LogP contribution in [0.25, 0.3) is 16.9 Å². The van der Waals surface area contributed by atoms with Gasteiger partial charge in [-0.1, -0.05) is 48.5 Å². The Bertz CT molecular complexity index is 1250. The third kappa shape index (κ3) is 3.77. The smallest absolute Gasteiger partial charge is 0.236 e. The van der Waals surface area contributed by atoms with Crippen LogP contribution < -0.4 is 4.72 Å². The van der Waals surface area contributed by atoms with Gasteiger partial charge in [-0.2, -0.15) is 0 Å². The van der Waals surface area contributed by atoms with Crippen molar-refractivity contribution in [3.05, 3.63) is 89.7 Å². The van der Waals surface area contributed by atoms with Crippen LogP contribution in [0.1, 0.15) is 16.7 Å². The Hall–Kier alpha value is -3.12. The summed E-state index contributed by atoms with van der Waals surface area (Å²) >= 11 is 0. The summed E-state index contributed by atoms with van der Waals surface area (Å²) in [4.78, 5) is 4.70. The Labute approximate surface area is 164 Å². The Morgan fingerprint density at radius 1 is 0.964 bits per heavy atom. The molecule has 4 aromatic rings. The van der Waals surface area contributed by atoms with E-state index >= 15 is 0 Å². The number of hydrogen-bond acceptors (Lipinski definition) is 3. The van der Waals surface area contributed by atoms with E-state index in [4.69, 9.17) is 4.98 Å². The van der Waals surface area contributed by atoms with Gasteiger partial charge in [-0.15, -0.1) is 0 Å². The lowest BCUT2D eigenvalue weighted by molar-refractivity contribution is 0.600. The van der Waals surface area contributed by atoms with E-state index in [-0.39, 0.29) is 5.75 Å². The quantitative estimate of drug-likeness (QED) is 0.542. The molecule has 0 radical (unpaired) electrons. The fourth-order valence-corrected chi connectivity index (χ4v) is 4.44. The number of anilines is 1. The highest BCUT2D eigenvalue weighted by Gasteiger charge is 2.14. The van der Waals surface area contributed by atoms with Crippen molar-refractivity contribution < 1.29 is 8.42 Å².